The van der Waals surface area contributed by atoms with Crippen LogP contribution in [0, 0.1) is 5.82 Å². The molecule has 1 aromatic carbocycles. The number of alkyl halides is 6. The van der Waals surface area contributed by atoms with Gasteiger partial charge in [0.1, 0.15) is 4.90 Å². The fourth-order valence-electron chi connectivity index (χ4n) is 3.28. The fraction of sp³-hybridized carbons (Fsp3) is 0.389. The second kappa shape index (κ2) is 8.56. The van der Waals surface area contributed by atoms with Crippen molar-refractivity contribution >= 4 is 27.3 Å². The second-order valence-electron chi connectivity index (χ2n) is 7.09. The molecule has 33 heavy (non-hydrogen) atoms. The van der Waals surface area contributed by atoms with Crippen LogP contribution in [0.1, 0.15) is 5.56 Å². The molecule has 0 aliphatic carbocycles. The highest BCUT2D eigenvalue weighted by Gasteiger charge is 2.71. The number of benzene rings is 1. The van der Waals surface area contributed by atoms with Crippen molar-refractivity contribution in [2.24, 2.45) is 0 Å². The van der Waals surface area contributed by atoms with Gasteiger partial charge in [0.2, 0.25) is 10.0 Å². The highest BCUT2D eigenvalue weighted by Crippen LogP contribution is 2.50. The molecule has 1 aliphatic heterocycles. The highest BCUT2D eigenvalue weighted by molar-refractivity contribution is 7.89. The van der Waals surface area contributed by atoms with Gasteiger partial charge in [0.15, 0.2) is 11.0 Å². The van der Waals surface area contributed by atoms with E-state index in [1.807, 2.05) is 0 Å². The third-order valence-corrected chi connectivity index (χ3v) is 7.26. The van der Waals surface area contributed by atoms with Crippen molar-refractivity contribution in [3.8, 4) is 0 Å². The number of piperazine rings is 1. The Morgan fingerprint density at radius 2 is 1.45 bits per heavy atom. The zero-order chi connectivity index (χ0) is 24.8. The number of hydrogen-bond donors (Lipinski definition) is 1. The summed E-state index contributed by atoms with van der Waals surface area (Å²) in [7, 11) is -4.10. The van der Waals surface area contributed by atoms with Crippen LogP contribution in [0.4, 0.5) is 36.4 Å². The van der Waals surface area contributed by atoms with Crippen LogP contribution in [0.5, 0.6) is 0 Å². The molecule has 0 radical (unpaired) electrons. The molecule has 0 amide bonds. The third-order valence-electron chi connectivity index (χ3n) is 5.12. The quantitative estimate of drug-likeness (QED) is 0.491. The maximum Gasteiger partial charge on any atom is 0.430 e. The van der Waals surface area contributed by atoms with E-state index in [1.165, 1.54) is 4.90 Å². The number of anilines is 1. The Kier molecular flexibility index (Phi) is 6.61. The van der Waals surface area contributed by atoms with Gasteiger partial charge in [-0.2, -0.15) is 30.6 Å². The number of nitrogens with zero attached hydrogens (tertiary/aromatic N) is 3. The summed E-state index contributed by atoms with van der Waals surface area (Å²) in [5.41, 5.74) is -6.21. The smallest absolute Gasteiger partial charge is 0.369 e. The predicted octanol–water partition coefficient (Wildman–Crippen LogP) is 3.70. The number of pyridine rings is 1. The Bertz CT molecular complexity index is 1100. The largest absolute Gasteiger partial charge is 0.430 e. The van der Waals surface area contributed by atoms with Crippen molar-refractivity contribution in [3.63, 3.8) is 0 Å². The summed E-state index contributed by atoms with van der Waals surface area (Å²) < 4.78 is 118. The number of aromatic nitrogens is 1. The molecule has 1 N–H and O–H groups in total. The molecule has 1 fully saturated rings. The Morgan fingerprint density at radius 3 is 1.91 bits per heavy atom. The molecular weight excluding hydrogens is 507 g/mol. The van der Waals surface area contributed by atoms with Crippen molar-refractivity contribution in [2.45, 2.75) is 22.8 Å². The maximum absolute atomic E-state index is 13.6. The molecule has 0 bridgehead atoms. The summed E-state index contributed by atoms with van der Waals surface area (Å²) in [6.45, 7) is -0.0947. The van der Waals surface area contributed by atoms with Crippen molar-refractivity contribution in [2.75, 3.05) is 31.1 Å². The van der Waals surface area contributed by atoms with E-state index in [0.717, 1.165) is 28.7 Å². The summed E-state index contributed by atoms with van der Waals surface area (Å²) in [4.78, 5) is 4.58. The number of rotatable bonds is 4. The lowest BCUT2D eigenvalue weighted by Crippen LogP contribution is -2.54. The first-order valence-corrected chi connectivity index (χ1v) is 10.9. The molecule has 1 saturated heterocycles. The van der Waals surface area contributed by atoms with E-state index in [2.05, 4.69) is 4.98 Å². The average Bonchev–Trinajstić information content (AvgIpc) is 2.73. The van der Waals surface area contributed by atoms with Crippen LogP contribution in [0.25, 0.3) is 0 Å². The fourth-order valence-corrected chi connectivity index (χ4v) is 4.77. The molecule has 182 valence electrons. The Hall–Kier alpha value is -2.16. The van der Waals surface area contributed by atoms with Crippen LogP contribution in [0.15, 0.2) is 41.4 Å². The molecule has 15 heteroatoms. The van der Waals surface area contributed by atoms with Crippen molar-refractivity contribution in [1.82, 2.24) is 9.29 Å². The molecule has 0 spiro atoms. The van der Waals surface area contributed by atoms with E-state index in [9.17, 15) is 44.3 Å². The molecule has 3 rings (SSSR count). The van der Waals surface area contributed by atoms with E-state index in [0.29, 0.717) is 12.1 Å². The SMILES string of the molecule is O=S(=O)(c1cnc(Cl)c(F)c1)N1CCN(c2ccc(C(O)(C(F)(F)F)C(F)(F)F)cc2)CC1. The summed E-state index contributed by atoms with van der Waals surface area (Å²) in [6.07, 6.45) is -11.1. The molecular formula is C18H15ClF7N3O3S. The van der Waals surface area contributed by atoms with E-state index in [1.54, 1.807) is 0 Å². The Balaban J connectivity index is 1.76. The molecule has 2 aromatic rings. The van der Waals surface area contributed by atoms with Gasteiger partial charge >= 0.3 is 12.4 Å². The van der Waals surface area contributed by atoms with Crippen LogP contribution < -0.4 is 4.90 Å². The summed E-state index contributed by atoms with van der Waals surface area (Å²) in [5.74, 6) is -1.02. The zero-order valence-corrected chi connectivity index (χ0v) is 17.9. The molecule has 0 saturated carbocycles. The first-order chi connectivity index (χ1) is 15.1. The minimum atomic E-state index is -6.00. The number of halogens is 8. The average molecular weight is 522 g/mol. The topological polar surface area (TPSA) is 73.7 Å². The van der Waals surface area contributed by atoms with Gasteiger partial charge in [0, 0.05) is 43.6 Å². The van der Waals surface area contributed by atoms with Gasteiger partial charge in [-0.15, -0.1) is 0 Å². The molecule has 0 atom stereocenters. The normalized spacial score (nSPS) is 16.8. The molecule has 0 unspecified atom stereocenters. The first-order valence-electron chi connectivity index (χ1n) is 9.11. The van der Waals surface area contributed by atoms with E-state index in [4.69, 9.17) is 11.6 Å². The molecule has 1 aromatic heterocycles. The van der Waals surface area contributed by atoms with Gasteiger partial charge in [-0.1, -0.05) is 23.7 Å². The first kappa shape index (κ1) is 25.5. The standard InChI is InChI=1S/C18H15ClF7N3O3S/c19-15-14(20)9-13(10-27-15)33(31,32)29-7-5-28(6-8-29)12-3-1-11(2-4-12)16(30,17(21,22)23)18(24,25)26/h1-4,9-10,30H,5-8H2. The Morgan fingerprint density at radius 1 is 0.939 bits per heavy atom. The lowest BCUT2D eigenvalue weighted by Gasteiger charge is -2.36. The number of sulfonamides is 1. The van der Waals surface area contributed by atoms with Gasteiger partial charge in [-0.25, -0.2) is 17.8 Å². The number of aliphatic hydroxyl groups is 1. The van der Waals surface area contributed by atoms with Gasteiger partial charge in [-0.05, 0) is 18.2 Å². The highest BCUT2D eigenvalue weighted by atomic mass is 35.5. The van der Waals surface area contributed by atoms with E-state index < -0.39 is 49.4 Å². The maximum atomic E-state index is 13.6. The summed E-state index contributed by atoms with van der Waals surface area (Å²) >= 11 is 5.45. The van der Waals surface area contributed by atoms with Crippen molar-refractivity contribution in [1.29, 1.82) is 0 Å². The summed E-state index contributed by atoms with van der Waals surface area (Å²) in [5, 5.41) is 8.95. The molecule has 2 heterocycles. The van der Waals surface area contributed by atoms with Crippen molar-refractivity contribution in [3.05, 3.63) is 53.1 Å². The Labute approximate surface area is 188 Å². The van der Waals surface area contributed by atoms with Gasteiger partial charge in [0.25, 0.3) is 5.60 Å². The van der Waals surface area contributed by atoms with Crippen LogP contribution in [-0.4, -0.2) is 61.3 Å². The lowest BCUT2D eigenvalue weighted by atomic mass is 9.92. The second-order valence-corrected chi connectivity index (χ2v) is 9.38. The van der Waals surface area contributed by atoms with Gasteiger partial charge in [0.05, 0.1) is 0 Å². The van der Waals surface area contributed by atoms with Gasteiger partial charge in [-0.3, -0.25) is 0 Å². The number of hydrogen-bond acceptors (Lipinski definition) is 5. The predicted molar refractivity (Wildman–Crippen MR) is 103 cm³/mol. The zero-order valence-electron chi connectivity index (χ0n) is 16.3. The summed E-state index contributed by atoms with van der Waals surface area (Å²) in [6, 6.07) is 3.70. The van der Waals surface area contributed by atoms with E-state index >= 15 is 0 Å². The minimum Gasteiger partial charge on any atom is -0.369 e. The van der Waals surface area contributed by atoms with Crippen LogP contribution >= 0.6 is 11.6 Å². The monoisotopic (exact) mass is 521 g/mol. The lowest BCUT2D eigenvalue weighted by molar-refractivity contribution is -0.376. The van der Waals surface area contributed by atoms with Crippen LogP contribution in [0.3, 0.4) is 0 Å². The third kappa shape index (κ3) is 4.61. The van der Waals surface area contributed by atoms with Gasteiger partial charge < -0.3 is 10.0 Å². The van der Waals surface area contributed by atoms with Crippen LogP contribution in [-0.2, 0) is 15.6 Å². The minimum absolute atomic E-state index is 0.0465. The molecule has 6 nitrogen and oxygen atoms in total. The molecule has 1 aliphatic rings. The van der Waals surface area contributed by atoms with Crippen LogP contribution in [0.2, 0.25) is 5.15 Å². The van der Waals surface area contributed by atoms with E-state index in [-0.39, 0.29) is 31.9 Å². The van der Waals surface area contributed by atoms with Crippen molar-refractivity contribution < 1.29 is 44.3 Å².